The molecule has 0 radical (unpaired) electrons. The van der Waals surface area contributed by atoms with Crippen LogP contribution in [0.2, 0.25) is 5.02 Å². The van der Waals surface area contributed by atoms with Gasteiger partial charge >= 0.3 is 0 Å². The van der Waals surface area contributed by atoms with Crippen LogP contribution < -0.4 is 5.56 Å². The molecule has 0 unspecified atom stereocenters. The Hall–Kier alpha value is -2.74. The van der Waals surface area contributed by atoms with E-state index in [1.807, 2.05) is 0 Å². The zero-order chi connectivity index (χ0) is 14.6. The number of aromatic amines is 1. The molecule has 0 atom stereocenters. The van der Waals surface area contributed by atoms with Gasteiger partial charge in [0, 0.05) is 0 Å². The van der Waals surface area contributed by atoms with Crippen LogP contribution in [0.15, 0.2) is 29.6 Å². The summed E-state index contributed by atoms with van der Waals surface area (Å²) in [6, 6.07) is 3.47. The van der Waals surface area contributed by atoms with Gasteiger partial charge in [0.05, 0.1) is 21.7 Å². The molecule has 104 valence electrons. The van der Waals surface area contributed by atoms with Crippen LogP contribution in [0.3, 0.4) is 0 Å². The first-order valence-corrected chi connectivity index (χ1v) is 6.45. The van der Waals surface area contributed by atoms with E-state index in [-0.39, 0.29) is 11.2 Å². The van der Waals surface area contributed by atoms with Crippen LogP contribution in [0.5, 0.6) is 0 Å². The second-order valence-corrected chi connectivity index (χ2v) is 4.95. The minimum atomic E-state index is -0.309. The molecular formula is C12H8ClN7O. The first-order chi connectivity index (χ1) is 10.1. The molecule has 4 rings (SSSR count). The molecule has 3 aromatic heterocycles. The normalized spacial score (nSPS) is 11.5. The predicted molar refractivity (Wildman–Crippen MR) is 75.8 cm³/mol. The maximum Gasteiger partial charge on any atom is 0.293 e. The van der Waals surface area contributed by atoms with Crippen LogP contribution in [0.1, 0.15) is 5.82 Å². The largest absolute Gasteiger partial charge is 0.317 e. The quantitative estimate of drug-likeness (QED) is 0.568. The predicted octanol–water partition coefficient (Wildman–Crippen LogP) is 1.11. The standard InChI is InChI=1S/C12H8ClN7O/c1-6-16-11-12(21)17-8-2-7(13)9(19-4-14-15-5-19)3-10(8)20(11)18-6/h2-5H,1H3,(H,17,21). The Labute approximate surface area is 122 Å². The van der Waals surface area contributed by atoms with Gasteiger partial charge < -0.3 is 4.98 Å². The minimum Gasteiger partial charge on any atom is -0.317 e. The lowest BCUT2D eigenvalue weighted by Gasteiger charge is -2.07. The number of nitrogens with one attached hydrogen (secondary N) is 1. The highest BCUT2D eigenvalue weighted by Gasteiger charge is 2.12. The molecule has 1 aromatic carbocycles. The molecule has 0 aliphatic carbocycles. The lowest BCUT2D eigenvalue weighted by molar-refractivity contribution is 0.952. The van der Waals surface area contributed by atoms with Gasteiger partial charge in [0.1, 0.15) is 18.5 Å². The number of benzene rings is 1. The zero-order valence-electron chi connectivity index (χ0n) is 10.8. The molecule has 0 fully saturated rings. The number of aromatic nitrogens is 7. The van der Waals surface area contributed by atoms with Gasteiger partial charge in [-0.1, -0.05) is 11.6 Å². The Balaban J connectivity index is 2.17. The first kappa shape index (κ1) is 12.0. The molecule has 0 amide bonds. The molecule has 21 heavy (non-hydrogen) atoms. The summed E-state index contributed by atoms with van der Waals surface area (Å²) < 4.78 is 3.19. The zero-order valence-corrected chi connectivity index (χ0v) is 11.5. The molecule has 8 nitrogen and oxygen atoms in total. The van der Waals surface area contributed by atoms with E-state index in [0.717, 1.165) is 0 Å². The Kier molecular flexibility index (Phi) is 2.36. The van der Waals surface area contributed by atoms with Crippen molar-refractivity contribution < 1.29 is 0 Å². The van der Waals surface area contributed by atoms with E-state index in [9.17, 15) is 4.79 Å². The van der Waals surface area contributed by atoms with E-state index < -0.39 is 0 Å². The molecule has 0 aliphatic heterocycles. The summed E-state index contributed by atoms with van der Waals surface area (Å²) in [5, 5.41) is 12.2. The molecule has 9 heteroatoms. The van der Waals surface area contributed by atoms with E-state index in [1.165, 1.54) is 4.52 Å². The van der Waals surface area contributed by atoms with Gasteiger partial charge in [-0.2, -0.15) is 5.10 Å². The summed E-state index contributed by atoms with van der Waals surface area (Å²) in [6.07, 6.45) is 3.09. The summed E-state index contributed by atoms with van der Waals surface area (Å²) in [5.41, 5.74) is 1.90. The third kappa shape index (κ3) is 1.73. The molecule has 0 aliphatic rings. The molecule has 3 heterocycles. The number of fused-ring (bicyclic) bond motifs is 3. The van der Waals surface area contributed by atoms with Gasteiger partial charge in [-0.3, -0.25) is 9.36 Å². The maximum atomic E-state index is 12.0. The van der Waals surface area contributed by atoms with E-state index in [4.69, 9.17) is 11.6 Å². The number of rotatable bonds is 1. The van der Waals surface area contributed by atoms with Crippen LogP contribution in [-0.4, -0.2) is 34.3 Å². The summed E-state index contributed by atoms with van der Waals surface area (Å²) in [6.45, 7) is 1.73. The van der Waals surface area contributed by atoms with Crippen molar-refractivity contribution in [2.75, 3.05) is 0 Å². The molecule has 0 spiro atoms. The number of hydrogen-bond donors (Lipinski definition) is 1. The lowest BCUT2D eigenvalue weighted by atomic mass is 10.2. The second kappa shape index (κ2) is 4.13. The second-order valence-electron chi connectivity index (χ2n) is 4.54. The SMILES string of the molecule is Cc1nc2c(=O)[nH]c3cc(Cl)c(-n4cnnc4)cc3n2n1. The third-order valence-corrected chi connectivity index (χ3v) is 3.46. The van der Waals surface area contributed by atoms with E-state index in [1.54, 1.807) is 36.3 Å². The highest BCUT2D eigenvalue weighted by molar-refractivity contribution is 6.33. The molecular weight excluding hydrogens is 294 g/mol. The number of aryl methyl sites for hydroxylation is 1. The van der Waals surface area contributed by atoms with E-state index >= 15 is 0 Å². The molecule has 0 saturated carbocycles. The lowest BCUT2D eigenvalue weighted by Crippen LogP contribution is -2.11. The van der Waals surface area contributed by atoms with Gasteiger partial charge in [0.15, 0.2) is 0 Å². The highest BCUT2D eigenvalue weighted by atomic mass is 35.5. The summed E-state index contributed by atoms with van der Waals surface area (Å²) in [4.78, 5) is 18.9. The van der Waals surface area contributed by atoms with Crippen LogP contribution in [0, 0.1) is 6.92 Å². The van der Waals surface area contributed by atoms with Crippen molar-refractivity contribution in [1.82, 2.24) is 34.3 Å². The number of hydrogen-bond acceptors (Lipinski definition) is 5. The van der Waals surface area contributed by atoms with Crippen LogP contribution in [-0.2, 0) is 0 Å². The Bertz CT molecular complexity index is 1030. The third-order valence-electron chi connectivity index (χ3n) is 3.15. The molecule has 0 bridgehead atoms. The van der Waals surface area contributed by atoms with Crippen LogP contribution in [0.4, 0.5) is 0 Å². The number of halogens is 1. The number of nitrogens with zero attached hydrogens (tertiary/aromatic N) is 6. The van der Waals surface area contributed by atoms with Crippen molar-refractivity contribution >= 4 is 28.3 Å². The van der Waals surface area contributed by atoms with Crippen molar-refractivity contribution in [3.8, 4) is 5.69 Å². The van der Waals surface area contributed by atoms with Gasteiger partial charge in [-0.15, -0.1) is 10.2 Å². The summed E-state index contributed by atoms with van der Waals surface area (Å²) in [7, 11) is 0. The average Bonchev–Trinajstić information content (AvgIpc) is 3.07. The maximum absolute atomic E-state index is 12.0. The Morgan fingerprint density at radius 1 is 1.24 bits per heavy atom. The fraction of sp³-hybridized carbons (Fsp3) is 0.0833. The van der Waals surface area contributed by atoms with Gasteiger partial charge in [-0.05, 0) is 19.1 Å². The highest BCUT2D eigenvalue weighted by Crippen LogP contribution is 2.25. The van der Waals surface area contributed by atoms with Crippen molar-refractivity contribution in [2.45, 2.75) is 6.92 Å². The summed E-state index contributed by atoms with van der Waals surface area (Å²) >= 11 is 6.26. The van der Waals surface area contributed by atoms with Crippen LogP contribution >= 0.6 is 11.6 Å². The number of H-pyrrole nitrogens is 1. The van der Waals surface area contributed by atoms with E-state index in [2.05, 4.69) is 25.3 Å². The average molecular weight is 302 g/mol. The van der Waals surface area contributed by atoms with Crippen molar-refractivity contribution in [1.29, 1.82) is 0 Å². The van der Waals surface area contributed by atoms with Crippen molar-refractivity contribution in [3.05, 3.63) is 46.0 Å². The first-order valence-electron chi connectivity index (χ1n) is 6.07. The van der Waals surface area contributed by atoms with Crippen molar-refractivity contribution in [2.24, 2.45) is 0 Å². The van der Waals surface area contributed by atoms with E-state index in [0.29, 0.717) is 27.6 Å². The van der Waals surface area contributed by atoms with Gasteiger partial charge in [-0.25, -0.2) is 9.50 Å². The van der Waals surface area contributed by atoms with Gasteiger partial charge in [0.25, 0.3) is 5.56 Å². The van der Waals surface area contributed by atoms with Crippen molar-refractivity contribution in [3.63, 3.8) is 0 Å². The smallest absolute Gasteiger partial charge is 0.293 e. The molecule has 1 N–H and O–H groups in total. The molecule has 4 aromatic rings. The monoisotopic (exact) mass is 301 g/mol. The molecule has 0 saturated heterocycles. The van der Waals surface area contributed by atoms with Gasteiger partial charge in [0.2, 0.25) is 5.65 Å². The Morgan fingerprint density at radius 2 is 2.00 bits per heavy atom. The fourth-order valence-corrected chi connectivity index (χ4v) is 2.52. The Morgan fingerprint density at radius 3 is 2.76 bits per heavy atom. The summed E-state index contributed by atoms with van der Waals surface area (Å²) in [5.74, 6) is 0.522. The van der Waals surface area contributed by atoms with Crippen LogP contribution in [0.25, 0.3) is 22.4 Å². The minimum absolute atomic E-state index is 0.247. The topological polar surface area (TPSA) is 93.8 Å². The fourth-order valence-electron chi connectivity index (χ4n) is 2.26.